The van der Waals surface area contributed by atoms with Crippen molar-refractivity contribution in [2.45, 2.75) is 12.8 Å². The third kappa shape index (κ3) is 2.45. The molecule has 14 heavy (non-hydrogen) atoms. The van der Waals surface area contributed by atoms with Gasteiger partial charge in [-0.1, -0.05) is 11.6 Å². The smallest absolute Gasteiger partial charge is 0.145 e. The summed E-state index contributed by atoms with van der Waals surface area (Å²) < 4.78 is 18.0. The van der Waals surface area contributed by atoms with Crippen molar-refractivity contribution in [2.24, 2.45) is 0 Å². The molecular weight excluding hydrogens is 207 g/mol. The van der Waals surface area contributed by atoms with Crippen molar-refractivity contribution in [1.29, 1.82) is 0 Å². The molecule has 0 amide bonds. The fraction of sp³-hybridized carbons (Fsp3) is 0.300. The van der Waals surface area contributed by atoms with Crippen LogP contribution in [0, 0.1) is 5.82 Å². The van der Waals surface area contributed by atoms with Crippen molar-refractivity contribution in [3.05, 3.63) is 28.5 Å². The number of aryl methyl sites for hydroxylation is 1. The second kappa shape index (κ2) is 4.96. The Labute approximate surface area is 86.6 Å². The Morgan fingerprint density at radius 1 is 1.57 bits per heavy atom. The van der Waals surface area contributed by atoms with Crippen LogP contribution in [0.25, 0.3) is 0 Å². The van der Waals surface area contributed by atoms with E-state index >= 15 is 0 Å². The second-order valence-corrected chi connectivity index (χ2v) is 3.18. The maximum absolute atomic E-state index is 13.2. The largest absolute Gasteiger partial charge is 0.495 e. The molecule has 1 rings (SSSR count). The van der Waals surface area contributed by atoms with Crippen molar-refractivity contribution < 1.29 is 13.9 Å². The summed E-state index contributed by atoms with van der Waals surface area (Å²) in [7, 11) is 1.42. The highest BCUT2D eigenvalue weighted by atomic mass is 35.5. The van der Waals surface area contributed by atoms with Crippen LogP contribution >= 0.6 is 11.6 Å². The summed E-state index contributed by atoms with van der Waals surface area (Å²) in [4.78, 5) is 10.1. The van der Waals surface area contributed by atoms with Gasteiger partial charge in [0.05, 0.1) is 7.11 Å². The SMILES string of the molecule is COc1cc(CCC=O)cc(F)c1Cl. The molecule has 0 N–H and O–H groups in total. The van der Waals surface area contributed by atoms with Crippen LogP contribution in [-0.4, -0.2) is 13.4 Å². The summed E-state index contributed by atoms with van der Waals surface area (Å²) in [5, 5.41) is -0.0256. The molecule has 1 aromatic rings. The van der Waals surface area contributed by atoms with E-state index in [1.807, 2.05) is 0 Å². The van der Waals surface area contributed by atoms with Gasteiger partial charge in [-0.2, -0.15) is 0 Å². The first-order valence-corrected chi connectivity index (χ1v) is 4.52. The predicted molar refractivity (Wildman–Crippen MR) is 52.3 cm³/mol. The number of hydrogen-bond donors (Lipinski definition) is 0. The van der Waals surface area contributed by atoms with Crippen molar-refractivity contribution in [3.63, 3.8) is 0 Å². The minimum Gasteiger partial charge on any atom is -0.495 e. The fourth-order valence-electron chi connectivity index (χ4n) is 1.14. The monoisotopic (exact) mass is 216 g/mol. The van der Waals surface area contributed by atoms with E-state index in [0.29, 0.717) is 24.2 Å². The molecule has 76 valence electrons. The lowest BCUT2D eigenvalue weighted by atomic mass is 10.1. The van der Waals surface area contributed by atoms with Crippen LogP contribution in [-0.2, 0) is 11.2 Å². The first-order chi connectivity index (χ1) is 6.69. The van der Waals surface area contributed by atoms with Gasteiger partial charge in [0.15, 0.2) is 0 Å². The molecule has 0 unspecified atom stereocenters. The number of rotatable bonds is 4. The molecule has 0 spiro atoms. The summed E-state index contributed by atoms with van der Waals surface area (Å²) >= 11 is 5.63. The molecule has 1 aromatic carbocycles. The molecule has 0 aliphatic rings. The maximum atomic E-state index is 13.2. The van der Waals surface area contributed by atoms with Gasteiger partial charge in [-0.25, -0.2) is 4.39 Å². The summed E-state index contributed by atoms with van der Waals surface area (Å²) in [6, 6.07) is 2.95. The van der Waals surface area contributed by atoms with Gasteiger partial charge >= 0.3 is 0 Å². The zero-order valence-corrected chi connectivity index (χ0v) is 8.47. The number of carbonyl (C=O) groups excluding carboxylic acids is 1. The normalized spacial score (nSPS) is 9.93. The molecule has 0 heterocycles. The highest BCUT2D eigenvalue weighted by molar-refractivity contribution is 6.32. The van der Waals surface area contributed by atoms with Crippen LogP contribution in [0.4, 0.5) is 4.39 Å². The lowest BCUT2D eigenvalue weighted by Gasteiger charge is -2.06. The van der Waals surface area contributed by atoms with Crippen LogP contribution < -0.4 is 4.74 Å². The molecule has 4 heteroatoms. The van der Waals surface area contributed by atoms with Crippen LogP contribution in [0.1, 0.15) is 12.0 Å². The predicted octanol–water partition coefficient (Wildman–Crippen LogP) is 2.62. The zero-order valence-electron chi connectivity index (χ0n) is 7.72. The topological polar surface area (TPSA) is 26.3 Å². The molecule has 0 fully saturated rings. The Bertz CT molecular complexity index is 339. The number of methoxy groups -OCH3 is 1. The molecule has 0 radical (unpaired) electrons. The number of ether oxygens (including phenoxy) is 1. The Kier molecular flexibility index (Phi) is 3.89. The molecular formula is C10H10ClFO2. The molecule has 0 saturated carbocycles. The van der Waals surface area contributed by atoms with E-state index in [1.165, 1.54) is 13.2 Å². The molecule has 0 bridgehead atoms. The summed E-state index contributed by atoms with van der Waals surface area (Å²) in [5.41, 5.74) is 0.704. The van der Waals surface area contributed by atoms with Gasteiger partial charge in [-0.05, 0) is 24.1 Å². The number of aldehydes is 1. The van der Waals surface area contributed by atoms with Crippen LogP contribution in [0.5, 0.6) is 5.75 Å². The molecule has 0 aromatic heterocycles. The number of benzene rings is 1. The van der Waals surface area contributed by atoms with Gasteiger partial charge in [0, 0.05) is 6.42 Å². The molecule has 0 aliphatic heterocycles. The van der Waals surface area contributed by atoms with Crippen molar-refractivity contribution in [2.75, 3.05) is 7.11 Å². The fourth-order valence-corrected chi connectivity index (χ4v) is 1.32. The van der Waals surface area contributed by atoms with Gasteiger partial charge in [-0.15, -0.1) is 0 Å². The Hall–Kier alpha value is -1.09. The molecule has 2 nitrogen and oxygen atoms in total. The van der Waals surface area contributed by atoms with Crippen LogP contribution in [0.3, 0.4) is 0 Å². The van der Waals surface area contributed by atoms with Crippen molar-refractivity contribution in [3.8, 4) is 5.75 Å². The van der Waals surface area contributed by atoms with Crippen LogP contribution in [0.2, 0.25) is 5.02 Å². The summed E-state index contributed by atoms with van der Waals surface area (Å²) in [6.07, 6.45) is 1.65. The van der Waals surface area contributed by atoms with E-state index < -0.39 is 5.82 Å². The first kappa shape index (κ1) is 11.0. The quantitative estimate of drug-likeness (QED) is 0.724. The highest BCUT2D eigenvalue weighted by Crippen LogP contribution is 2.28. The van der Waals surface area contributed by atoms with E-state index in [4.69, 9.17) is 16.3 Å². The average Bonchev–Trinajstić information content (AvgIpc) is 2.19. The Morgan fingerprint density at radius 3 is 2.86 bits per heavy atom. The van der Waals surface area contributed by atoms with Gasteiger partial charge in [-0.3, -0.25) is 0 Å². The molecule has 0 aliphatic carbocycles. The standard InChI is InChI=1S/C10H10ClFO2/c1-14-9-6-7(3-2-4-13)5-8(12)10(9)11/h4-6H,2-3H2,1H3. The van der Waals surface area contributed by atoms with E-state index in [1.54, 1.807) is 6.07 Å². The van der Waals surface area contributed by atoms with Gasteiger partial charge in [0.25, 0.3) is 0 Å². The summed E-state index contributed by atoms with van der Waals surface area (Å²) in [5.74, 6) is -0.223. The third-order valence-electron chi connectivity index (χ3n) is 1.83. The lowest BCUT2D eigenvalue weighted by Crippen LogP contribution is -1.93. The van der Waals surface area contributed by atoms with E-state index in [9.17, 15) is 9.18 Å². The van der Waals surface area contributed by atoms with Crippen LogP contribution in [0.15, 0.2) is 12.1 Å². The minimum absolute atomic E-state index is 0.0256. The van der Waals surface area contributed by atoms with Gasteiger partial charge in [0.2, 0.25) is 0 Å². The second-order valence-electron chi connectivity index (χ2n) is 2.80. The van der Waals surface area contributed by atoms with Crippen molar-refractivity contribution >= 4 is 17.9 Å². The number of carbonyl (C=O) groups is 1. The third-order valence-corrected chi connectivity index (χ3v) is 2.19. The average molecular weight is 217 g/mol. The lowest BCUT2D eigenvalue weighted by molar-refractivity contribution is -0.107. The Balaban J connectivity index is 2.97. The number of halogens is 2. The Morgan fingerprint density at radius 2 is 2.29 bits per heavy atom. The highest BCUT2D eigenvalue weighted by Gasteiger charge is 2.08. The molecule has 0 saturated heterocycles. The van der Waals surface area contributed by atoms with E-state index in [0.717, 1.165) is 6.29 Å². The zero-order chi connectivity index (χ0) is 10.6. The number of hydrogen-bond acceptors (Lipinski definition) is 2. The van der Waals surface area contributed by atoms with E-state index in [-0.39, 0.29) is 5.02 Å². The van der Waals surface area contributed by atoms with Gasteiger partial charge in [0.1, 0.15) is 22.9 Å². The maximum Gasteiger partial charge on any atom is 0.145 e. The first-order valence-electron chi connectivity index (χ1n) is 4.14. The van der Waals surface area contributed by atoms with Crippen molar-refractivity contribution in [1.82, 2.24) is 0 Å². The summed E-state index contributed by atoms with van der Waals surface area (Å²) in [6.45, 7) is 0. The van der Waals surface area contributed by atoms with E-state index in [2.05, 4.69) is 0 Å². The molecule has 0 atom stereocenters. The van der Waals surface area contributed by atoms with Gasteiger partial charge < -0.3 is 9.53 Å². The minimum atomic E-state index is -0.521.